The summed E-state index contributed by atoms with van der Waals surface area (Å²) in [5.74, 6) is 0.222. The van der Waals surface area contributed by atoms with Crippen molar-refractivity contribution in [2.75, 3.05) is 35.1 Å². The zero-order valence-corrected chi connectivity index (χ0v) is 27.1. The zero-order chi connectivity index (χ0) is 34.2. The van der Waals surface area contributed by atoms with Gasteiger partial charge in [0.2, 0.25) is 5.95 Å². The second-order valence-electron chi connectivity index (χ2n) is 11.4. The topological polar surface area (TPSA) is 160 Å². The lowest BCUT2D eigenvalue weighted by Crippen LogP contribution is -2.29. The van der Waals surface area contributed by atoms with E-state index in [-0.39, 0.29) is 34.0 Å². The summed E-state index contributed by atoms with van der Waals surface area (Å²) >= 11 is 0. The average molecular weight is 676 g/mol. The number of aromatic nitrogens is 2. The quantitative estimate of drug-likeness (QED) is 0.113. The minimum absolute atomic E-state index is 0.0312. The van der Waals surface area contributed by atoms with Crippen molar-refractivity contribution < 1.29 is 31.5 Å². The predicted octanol–water partition coefficient (Wildman–Crippen LogP) is 5.33. The molecule has 1 amide bonds. The summed E-state index contributed by atoms with van der Waals surface area (Å²) in [7, 11) is -2.69. The van der Waals surface area contributed by atoms with Crippen LogP contribution in [0.25, 0.3) is 0 Å². The fraction of sp³-hybridized carbons (Fsp3) is 0.438. The highest BCUT2D eigenvalue weighted by Crippen LogP contribution is 2.27. The van der Waals surface area contributed by atoms with Gasteiger partial charge in [0.25, 0.3) is 15.9 Å². The number of benzene rings is 2. The number of hydrogen-bond donors (Lipinski definition) is 5. The molecule has 11 nitrogen and oxygen atoms in total. The van der Waals surface area contributed by atoms with E-state index in [0.717, 1.165) is 30.0 Å². The summed E-state index contributed by atoms with van der Waals surface area (Å²) in [5.41, 5.74) is 1.33. The molecule has 1 aromatic heterocycles. The maximum Gasteiger partial charge on any atom is 0.390 e. The standard InChI is InChI=1S/C32H40F3N7O4S/c1-3-4-18-38-31-39-20-27(29(41-31)40-23-9-13-25(43)14-10-23)28(36)21-7-15-26(16-8-21)47(45,46)42(2)24-11-5-22(6-12-24)30(44)37-19-17-32(33,34)35/h5-8,11-12,15-16,20,23,25,36,43H,3-4,9-10,13-14,17-19H2,1-2H3,(H,37,44)(H2,38,39,40,41). The highest BCUT2D eigenvalue weighted by atomic mass is 32.2. The van der Waals surface area contributed by atoms with E-state index in [1.807, 2.05) is 0 Å². The highest BCUT2D eigenvalue weighted by molar-refractivity contribution is 7.92. The summed E-state index contributed by atoms with van der Waals surface area (Å²) in [6, 6.07) is 11.4. The average Bonchev–Trinajstić information content (AvgIpc) is 3.05. The molecule has 0 aliphatic heterocycles. The first-order valence-electron chi connectivity index (χ1n) is 15.5. The first-order valence-corrected chi connectivity index (χ1v) is 16.9. The van der Waals surface area contributed by atoms with Crippen molar-refractivity contribution in [2.45, 2.75) is 75.1 Å². The molecule has 47 heavy (non-hydrogen) atoms. The minimum atomic E-state index is -4.39. The van der Waals surface area contributed by atoms with E-state index in [0.29, 0.717) is 42.3 Å². The van der Waals surface area contributed by atoms with Crippen LogP contribution in [0, 0.1) is 5.41 Å². The third-order valence-electron chi connectivity index (χ3n) is 7.90. The first kappa shape index (κ1) is 35.6. The predicted molar refractivity (Wildman–Crippen MR) is 175 cm³/mol. The summed E-state index contributed by atoms with van der Waals surface area (Å²) < 4.78 is 64.9. The Morgan fingerprint density at radius 2 is 1.66 bits per heavy atom. The number of nitrogens with one attached hydrogen (secondary N) is 4. The fourth-order valence-electron chi connectivity index (χ4n) is 5.04. The lowest BCUT2D eigenvalue weighted by atomic mass is 9.93. The molecule has 1 heterocycles. The minimum Gasteiger partial charge on any atom is -0.393 e. The van der Waals surface area contributed by atoms with E-state index in [1.54, 1.807) is 6.20 Å². The molecule has 1 fully saturated rings. The van der Waals surface area contributed by atoms with Gasteiger partial charge in [0, 0.05) is 43.5 Å². The lowest BCUT2D eigenvalue weighted by Gasteiger charge is -2.27. The largest absolute Gasteiger partial charge is 0.393 e. The SMILES string of the molecule is CCCCNc1ncc(C(=N)c2ccc(S(=O)(=O)N(C)c3ccc(C(=O)NCCC(F)(F)F)cc3)cc2)c(NC2CCC(O)CC2)n1. The van der Waals surface area contributed by atoms with Gasteiger partial charge in [-0.25, -0.2) is 13.4 Å². The molecule has 2 aromatic carbocycles. The molecule has 0 unspecified atom stereocenters. The van der Waals surface area contributed by atoms with Gasteiger partial charge in [-0.3, -0.25) is 14.5 Å². The van der Waals surface area contributed by atoms with Crippen LogP contribution in [0.3, 0.4) is 0 Å². The number of rotatable bonds is 14. The molecule has 15 heteroatoms. The van der Waals surface area contributed by atoms with Crippen molar-refractivity contribution in [3.8, 4) is 0 Å². The lowest BCUT2D eigenvalue weighted by molar-refractivity contribution is -0.133. The van der Waals surface area contributed by atoms with Gasteiger partial charge < -0.3 is 21.1 Å². The van der Waals surface area contributed by atoms with Gasteiger partial charge in [0.15, 0.2) is 0 Å². The molecule has 0 radical (unpaired) electrons. The van der Waals surface area contributed by atoms with Crippen molar-refractivity contribution in [1.29, 1.82) is 5.41 Å². The van der Waals surface area contributed by atoms with Crippen molar-refractivity contribution in [1.82, 2.24) is 15.3 Å². The van der Waals surface area contributed by atoms with Gasteiger partial charge >= 0.3 is 6.18 Å². The molecular formula is C32H40F3N7O4S. The van der Waals surface area contributed by atoms with Crippen molar-refractivity contribution >= 4 is 39.1 Å². The van der Waals surface area contributed by atoms with E-state index in [9.17, 15) is 31.5 Å². The van der Waals surface area contributed by atoms with Crippen LogP contribution in [0.15, 0.2) is 59.6 Å². The third-order valence-corrected chi connectivity index (χ3v) is 9.70. The molecule has 4 rings (SSSR count). The Labute approximate surface area is 272 Å². The molecule has 0 bridgehead atoms. The van der Waals surface area contributed by atoms with Crippen LogP contribution in [-0.4, -0.2) is 73.6 Å². The molecule has 254 valence electrons. The third kappa shape index (κ3) is 9.64. The van der Waals surface area contributed by atoms with Crippen molar-refractivity contribution in [3.63, 3.8) is 0 Å². The van der Waals surface area contributed by atoms with Crippen molar-refractivity contribution in [2.24, 2.45) is 0 Å². The highest BCUT2D eigenvalue weighted by Gasteiger charge is 2.27. The molecule has 3 aromatic rings. The number of aliphatic hydroxyl groups is 1. The molecule has 1 saturated carbocycles. The van der Waals surface area contributed by atoms with Gasteiger partial charge in [-0.05, 0) is 68.5 Å². The maximum atomic E-state index is 13.4. The van der Waals surface area contributed by atoms with Crippen LogP contribution in [0.2, 0.25) is 0 Å². The van der Waals surface area contributed by atoms with Gasteiger partial charge in [-0.2, -0.15) is 18.2 Å². The molecule has 0 spiro atoms. The fourth-order valence-corrected chi connectivity index (χ4v) is 6.23. The second kappa shape index (κ2) is 15.6. The Morgan fingerprint density at radius 3 is 2.28 bits per heavy atom. The van der Waals surface area contributed by atoms with Crippen LogP contribution in [0.4, 0.5) is 30.6 Å². The van der Waals surface area contributed by atoms with Crippen LogP contribution in [-0.2, 0) is 10.0 Å². The smallest absolute Gasteiger partial charge is 0.390 e. The molecule has 1 aliphatic carbocycles. The summed E-state index contributed by atoms with van der Waals surface area (Å²) in [6.07, 6.45) is 0.529. The van der Waals surface area contributed by atoms with Crippen molar-refractivity contribution in [3.05, 3.63) is 71.4 Å². The van der Waals surface area contributed by atoms with Crippen LogP contribution >= 0.6 is 0 Å². The van der Waals surface area contributed by atoms with Gasteiger partial charge in [-0.1, -0.05) is 25.5 Å². The molecule has 1 aliphatic rings. The molecular weight excluding hydrogens is 635 g/mol. The van der Waals surface area contributed by atoms with Crippen LogP contribution in [0.1, 0.15) is 73.4 Å². The number of unbranched alkanes of at least 4 members (excludes halogenated alkanes) is 1. The number of amides is 1. The van der Waals surface area contributed by atoms with Gasteiger partial charge in [-0.15, -0.1) is 0 Å². The Bertz CT molecular complexity index is 1630. The van der Waals surface area contributed by atoms with Crippen LogP contribution in [0.5, 0.6) is 0 Å². The number of aliphatic hydroxyl groups excluding tert-OH is 1. The summed E-state index contributed by atoms with van der Waals surface area (Å²) in [4.78, 5) is 21.2. The second-order valence-corrected chi connectivity index (χ2v) is 13.4. The Kier molecular flexibility index (Phi) is 11.8. The van der Waals surface area contributed by atoms with E-state index in [2.05, 4.69) is 32.8 Å². The number of hydrogen-bond acceptors (Lipinski definition) is 9. The number of sulfonamides is 1. The van der Waals surface area contributed by atoms with Crippen LogP contribution < -0.4 is 20.3 Å². The van der Waals surface area contributed by atoms with Gasteiger partial charge in [0.05, 0.1) is 34.4 Å². The number of carbonyl (C=O) groups excluding carboxylic acids is 1. The molecule has 5 N–H and O–H groups in total. The Balaban J connectivity index is 1.48. The zero-order valence-electron chi connectivity index (χ0n) is 26.3. The van der Waals surface area contributed by atoms with Gasteiger partial charge in [0.1, 0.15) is 5.82 Å². The Hall–Kier alpha value is -4.24. The number of halogens is 3. The normalized spacial score (nSPS) is 16.7. The molecule has 0 saturated heterocycles. The summed E-state index contributed by atoms with van der Waals surface area (Å²) in [5, 5.41) is 27.7. The van der Waals surface area contributed by atoms with E-state index >= 15 is 0 Å². The van der Waals surface area contributed by atoms with E-state index in [1.165, 1.54) is 55.6 Å². The van der Waals surface area contributed by atoms with E-state index in [4.69, 9.17) is 5.41 Å². The summed E-state index contributed by atoms with van der Waals surface area (Å²) in [6.45, 7) is 2.23. The van der Waals surface area contributed by atoms with E-state index < -0.39 is 35.1 Å². The number of alkyl halides is 3. The molecule has 0 atom stereocenters. The number of anilines is 3. The Morgan fingerprint density at radius 1 is 1.02 bits per heavy atom. The number of carbonyl (C=O) groups is 1. The monoisotopic (exact) mass is 675 g/mol. The maximum absolute atomic E-state index is 13.4. The first-order chi connectivity index (χ1) is 22.3. The number of nitrogens with zero attached hydrogens (tertiary/aromatic N) is 3.